The average Bonchev–Trinajstić information content (AvgIpc) is 2.63. The molecular weight excluding hydrogens is 344 g/mol. The third-order valence-corrected chi connectivity index (χ3v) is 3.15. The molecule has 0 saturated heterocycles. The van der Waals surface area contributed by atoms with Crippen molar-refractivity contribution in [3.63, 3.8) is 0 Å². The number of nitro groups is 1. The Morgan fingerprint density at radius 1 is 1.19 bits per heavy atom. The molecule has 3 N–H and O–H groups in total. The van der Waals surface area contributed by atoms with Crippen LogP contribution in [-0.2, 0) is 9.59 Å². The van der Waals surface area contributed by atoms with E-state index in [1.54, 1.807) is 24.3 Å². The zero-order chi connectivity index (χ0) is 19.1. The summed E-state index contributed by atoms with van der Waals surface area (Å²) in [6, 6.07) is 9.63. The molecule has 134 valence electrons. The van der Waals surface area contributed by atoms with Crippen LogP contribution in [0.25, 0.3) is 0 Å². The minimum absolute atomic E-state index is 0.00932. The van der Waals surface area contributed by atoms with Gasteiger partial charge < -0.3 is 15.2 Å². The number of nitrogens with one attached hydrogen (secondary N) is 2. The molecule has 0 aliphatic rings. The summed E-state index contributed by atoms with van der Waals surface area (Å²) >= 11 is 0. The fourth-order valence-electron chi connectivity index (χ4n) is 1.83. The van der Waals surface area contributed by atoms with E-state index in [2.05, 4.69) is 10.4 Å². The number of hydrazone groups is 1. The molecule has 0 fully saturated rings. The minimum Gasteiger partial charge on any atom is -0.507 e. The van der Waals surface area contributed by atoms with Gasteiger partial charge in [-0.15, -0.1) is 0 Å². The smallest absolute Gasteiger partial charge is 0.329 e. The molecule has 0 heterocycles. The van der Waals surface area contributed by atoms with Crippen molar-refractivity contribution in [1.82, 2.24) is 5.43 Å². The van der Waals surface area contributed by atoms with Gasteiger partial charge in [0, 0.05) is 23.4 Å². The van der Waals surface area contributed by atoms with E-state index in [0.717, 1.165) is 24.4 Å². The number of ether oxygens (including phenoxy) is 1. The van der Waals surface area contributed by atoms with Gasteiger partial charge in [0.2, 0.25) is 0 Å². The van der Waals surface area contributed by atoms with Crippen LogP contribution in [0.15, 0.2) is 47.6 Å². The molecule has 0 aromatic heterocycles. The monoisotopic (exact) mass is 358 g/mol. The Morgan fingerprint density at radius 2 is 1.88 bits per heavy atom. The van der Waals surface area contributed by atoms with E-state index in [0.29, 0.717) is 11.4 Å². The number of hydrogen-bond acceptors (Lipinski definition) is 7. The standard InChI is InChI=1S/C16H14N4O6/c1-26-13-5-2-11(3-6-13)18-15(22)16(23)19-17-9-10-8-12(20(24)25)4-7-14(10)21/h2-9,21H,1H3,(H,18,22)(H,19,23)/b17-9+. The molecule has 2 aromatic carbocycles. The number of phenolic OH excluding ortho intramolecular Hbond substituents is 1. The van der Waals surface area contributed by atoms with Crippen molar-refractivity contribution < 1.29 is 24.4 Å². The average molecular weight is 358 g/mol. The maximum atomic E-state index is 11.8. The second-order valence-electron chi connectivity index (χ2n) is 4.88. The van der Waals surface area contributed by atoms with Crippen molar-refractivity contribution >= 4 is 29.4 Å². The van der Waals surface area contributed by atoms with Crippen LogP contribution in [0, 0.1) is 10.1 Å². The molecule has 0 radical (unpaired) electrons. The van der Waals surface area contributed by atoms with E-state index in [9.17, 15) is 24.8 Å². The summed E-state index contributed by atoms with van der Waals surface area (Å²) in [6.07, 6.45) is 0.987. The zero-order valence-corrected chi connectivity index (χ0v) is 13.5. The molecule has 2 rings (SSSR count). The molecule has 2 amide bonds. The van der Waals surface area contributed by atoms with Crippen molar-refractivity contribution in [2.45, 2.75) is 0 Å². The fraction of sp³-hybridized carbons (Fsp3) is 0.0625. The number of phenols is 1. The molecule has 0 saturated carbocycles. The summed E-state index contributed by atoms with van der Waals surface area (Å²) in [5.74, 6) is -1.69. The molecule has 0 atom stereocenters. The van der Waals surface area contributed by atoms with Crippen molar-refractivity contribution in [2.24, 2.45) is 5.10 Å². The molecule has 0 aliphatic heterocycles. The lowest BCUT2D eigenvalue weighted by Crippen LogP contribution is -2.32. The molecule has 26 heavy (non-hydrogen) atoms. The lowest BCUT2D eigenvalue weighted by atomic mass is 10.2. The van der Waals surface area contributed by atoms with Gasteiger partial charge in [0.05, 0.1) is 18.2 Å². The Kier molecular flexibility index (Phi) is 5.83. The SMILES string of the molecule is COc1ccc(NC(=O)C(=O)N/N=C/c2cc([N+](=O)[O-])ccc2O)cc1. The maximum absolute atomic E-state index is 11.8. The van der Waals surface area contributed by atoms with Crippen LogP contribution < -0.4 is 15.5 Å². The first-order valence-corrected chi connectivity index (χ1v) is 7.16. The molecular formula is C16H14N4O6. The Balaban J connectivity index is 1.96. The van der Waals surface area contributed by atoms with E-state index in [1.165, 1.54) is 7.11 Å². The van der Waals surface area contributed by atoms with E-state index < -0.39 is 16.7 Å². The van der Waals surface area contributed by atoms with Crippen LogP contribution >= 0.6 is 0 Å². The van der Waals surface area contributed by atoms with Crippen LogP contribution in [0.1, 0.15) is 5.56 Å². The van der Waals surface area contributed by atoms with E-state index in [1.807, 2.05) is 5.43 Å². The second-order valence-corrected chi connectivity index (χ2v) is 4.88. The number of aromatic hydroxyl groups is 1. The number of carbonyl (C=O) groups is 2. The molecule has 2 aromatic rings. The number of methoxy groups -OCH3 is 1. The lowest BCUT2D eigenvalue weighted by Gasteiger charge is -2.05. The molecule has 0 aliphatic carbocycles. The number of anilines is 1. The third kappa shape index (κ3) is 4.77. The zero-order valence-electron chi connectivity index (χ0n) is 13.5. The molecule has 0 bridgehead atoms. The predicted molar refractivity (Wildman–Crippen MR) is 92.1 cm³/mol. The Morgan fingerprint density at radius 3 is 2.50 bits per heavy atom. The highest BCUT2D eigenvalue weighted by Crippen LogP contribution is 2.21. The topological polar surface area (TPSA) is 143 Å². The summed E-state index contributed by atoms with van der Waals surface area (Å²) < 4.78 is 4.98. The van der Waals surface area contributed by atoms with Crippen molar-refractivity contribution in [3.8, 4) is 11.5 Å². The Bertz CT molecular complexity index is 864. The molecule has 10 nitrogen and oxygen atoms in total. The summed E-state index contributed by atoms with van der Waals surface area (Å²) in [7, 11) is 1.50. The summed E-state index contributed by atoms with van der Waals surface area (Å²) in [5.41, 5.74) is 2.10. The van der Waals surface area contributed by atoms with E-state index in [-0.39, 0.29) is 17.0 Å². The first kappa shape index (κ1) is 18.4. The highest BCUT2D eigenvalue weighted by atomic mass is 16.6. The lowest BCUT2D eigenvalue weighted by molar-refractivity contribution is -0.384. The van der Waals surface area contributed by atoms with Gasteiger partial charge in [-0.25, -0.2) is 5.43 Å². The summed E-state index contributed by atoms with van der Waals surface area (Å²) in [6.45, 7) is 0. The number of nitrogens with zero attached hydrogens (tertiary/aromatic N) is 2. The summed E-state index contributed by atoms with van der Waals surface area (Å²) in [4.78, 5) is 33.5. The van der Waals surface area contributed by atoms with Crippen LogP contribution in [0.2, 0.25) is 0 Å². The number of benzene rings is 2. The van der Waals surface area contributed by atoms with Crippen LogP contribution in [0.3, 0.4) is 0 Å². The van der Waals surface area contributed by atoms with E-state index >= 15 is 0 Å². The molecule has 0 spiro atoms. The number of amides is 2. The largest absolute Gasteiger partial charge is 0.507 e. The quantitative estimate of drug-likeness (QED) is 0.319. The van der Waals surface area contributed by atoms with Gasteiger partial charge in [-0.3, -0.25) is 19.7 Å². The van der Waals surface area contributed by atoms with Gasteiger partial charge in [0.1, 0.15) is 11.5 Å². The molecule has 10 heteroatoms. The first-order valence-electron chi connectivity index (χ1n) is 7.16. The number of carbonyl (C=O) groups excluding carboxylic acids is 2. The van der Waals surface area contributed by atoms with Gasteiger partial charge in [-0.05, 0) is 30.3 Å². The van der Waals surface area contributed by atoms with E-state index in [4.69, 9.17) is 4.74 Å². The van der Waals surface area contributed by atoms with Crippen LogP contribution in [-0.4, -0.2) is 35.2 Å². The Labute approximate surface area is 147 Å². The van der Waals surface area contributed by atoms with Crippen molar-refractivity contribution in [1.29, 1.82) is 0 Å². The highest BCUT2D eigenvalue weighted by Gasteiger charge is 2.13. The molecule has 0 unspecified atom stereocenters. The first-order chi connectivity index (χ1) is 12.4. The van der Waals surface area contributed by atoms with Gasteiger partial charge >= 0.3 is 11.8 Å². The minimum atomic E-state index is -1.05. The van der Waals surface area contributed by atoms with Gasteiger partial charge in [0.25, 0.3) is 5.69 Å². The summed E-state index contributed by atoms with van der Waals surface area (Å²) in [5, 5.41) is 26.2. The maximum Gasteiger partial charge on any atom is 0.329 e. The fourth-order valence-corrected chi connectivity index (χ4v) is 1.83. The van der Waals surface area contributed by atoms with Gasteiger partial charge in [-0.1, -0.05) is 0 Å². The number of rotatable bonds is 5. The van der Waals surface area contributed by atoms with Crippen LogP contribution in [0.4, 0.5) is 11.4 Å². The highest BCUT2D eigenvalue weighted by molar-refractivity contribution is 6.39. The van der Waals surface area contributed by atoms with Crippen LogP contribution in [0.5, 0.6) is 11.5 Å². The predicted octanol–water partition coefficient (Wildman–Crippen LogP) is 1.40. The van der Waals surface area contributed by atoms with Gasteiger partial charge in [-0.2, -0.15) is 5.10 Å². The second kappa shape index (κ2) is 8.24. The van der Waals surface area contributed by atoms with Crippen molar-refractivity contribution in [2.75, 3.05) is 12.4 Å². The Hall–Kier alpha value is -3.95. The third-order valence-electron chi connectivity index (χ3n) is 3.15. The normalized spacial score (nSPS) is 10.3. The van der Waals surface area contributed by atoms with Gasteiger partial charge in [0.15, 0.2) is 0 Å². The number of hydrogen-bond donors (Lipinski definition) is 3. The van der Waals surface area contributed by atoms with Crippen molar-refractivity contribution in [3.05, 3.63) is 58.1 Å². The number of nitro benzene ring substituents is 1. The number of non-ortho nitro benzene ring substituents is 1.